The van der Waals surface area contributed by atoms with Crippen LogP contribution in [-0.2, 0) is 13.1 Å². The molecule has 0 spiro atoms. The molecule has 2 atom stereocenters. The first-order valence-corrected chi connectivity index (χ1v) is 8.95. The lowest BCUT2D eigenvalue weighted by molar-refractivity contribution is 0.126. The molecule has 2 saturated heterocycles. The Morgan fingerprint density at radius 1 is 0.739 bits per heavy atom. The van der Waals surface area contributed by atoms with E-state index in [-0.39, 0.29) is 0 Å². The van der Waals surface area contributed by atoms with E-state index in [9.17, 15) is 0 Å². The topological polar surface area (TPSA) is 15.3 Å². The molecule has 2 aromatic carbocycles. The van der Waals surface area contributed by atoms with E-state index in [0.29, 0.717) is 6.04 Å². The largest absolute Gasteiger partial charge is 0.311 e. The first kappa shape index (κ1) is 14.9. The monoisotopic (exact) mass is 306 g/mol. The molecule has 2 aliphatic rings. The average Bonchev–Trinajstić information content (AvgIpc) is 2.94. The lowest BCUT2D eigenvalue weighted by Crippen LogP contribution is -2.47. The van der Waals surface area contributed by atoms with Crippen LogP contribution in [0, 0.1) is 0 Å². The summed E-state index contributed by atoms with van der Waals surface area (Å²) in [5.41, 5.74) is 2.85. The van der Waals surface area contributed by atoms with Crippen LogP contribution in [0.3, 0.4) is 0 Å². The molecular weight excluding hydrogens is 280 g/mol. The zero-order valence-corrected chi connectivity index (χ0v) is 13.7. The Bertz CT molecular complexity index is 557. The second-order valence-corrected chi connectivity index (χ2v) is 7.14. The van der Waals surface area contributed by atoms with Gasteiger partial charge in [0.15, 0.2) is 0 Å². The van der Waals surface area contributed by atoms with Crippen molar-refractivity contribution in [2.45, 2.75) is 56.9 Å². The highest BCUT2D eigenvalue weighted by molar-refractivity contribution is 5.17. The van der Waals surface area contributed by atoms with Gasteiger partial charge in [0.25, 0.3) is 0 Å². The quantitative estimate of drug-likeness (QED) is 0.899. The number of hydrogen-bond donors (Lipinski definition) is 1. The van der Waals surface area contributed by atoms with Gasteiger partial charge in [-0.2, -0.15) is 0 Å². The van der Waals surface area contributed by atoms with Crippen LogP contribution in [0.25, 0.3) is 0 Å². The predicted molar refractivity (Wildman–Crippen MR) is 95.1 cm³/mol. The fourth-order valence-electron chi connectivity index (χ4n) is 4.28. The summed E-state index contributed by atoms with van der Waals surface area (Å²) in [4.78, 5) is 2.71. The summed E-state index contributed by atoms with van der Waals surface area (Å²) in [6, 6.07) is 24.1. The van der Waals surface area contributed by atoms with Crippen molar-refractivity contribution >= 4 is 0 Å². The fourth-order valence-corrected chi connectivity index (χ4v) is 4.28. The van der Waals surface area contributed by atoms with Crippen LogP contribution in [0.15, 0.2) is 60.7 Å². The zero-order valence-electron chi connectivity index (χ0n) is 13.7. The third-order valence-electron chi connectivity index (χ3n) is 5.42. The van der Waals surface area contributed by atoms with Crippen LogP contribution < -0.4 is 5.32 Å². The molecule has 2 heteroatoms. The number of piperidine rings is 1. The number of rotatable bonds is 5. The van der Waals surface area contributed by atoms with Gasteiger partial charge in [-0.05, 0) is 36.8 Å². The van der Waals surface area contributed by atoms with Gasteiger partial charge in [-0.3, -0.25) is 4.90 Å². The highest BCUT2D eigenvalue weighted by Crippen LogP contribution is 2.31. The Labute approximate surface area is 139 Å². The first-order chi connectivity index (χ1) is 11.4. The molecule has 2 aromatic rings. The maximum Gasteiger partial charge on any atom is 0.0240 e. The van der Waals surface area contributed by atoms with Gasteiger partial charge < -0.3 is 5.32 Å². The third kappa shape index (κ3) is 3.65. The number of nitrogens with zero attached hydrogens (tertiary/aromatic N) is 1. The molecule has 2 unspecified atom stereocenters. The maximum atomic E-state index is 3.78. The minimum atomic E-state index is 0.703. The molecule has 2 fully saturated rings. The van der Waals surface area contributed by atoms with Gasteiger partial charge in [0.2, 0.25) is 0 Å². The number of hydrogen-bond acceptors (Lipinski definition) is 2. The molecule has 0 radical (unpaired) electrons. The summed E-state index contributed by atoms with van der Waals surface area (Å²) in [7, 11) is 0. The van der Waals surface area contributed by atoms with Gasteiger partial charge in [0.05, 0.1) is 0 Å². The molecule has 2 aliphatic heterocycles. The normalized spacial score (nSPS) is 26.6. The van der Waals surface area contributed by atoms with E-state index in [4.69, 9.17) is 0 Å². The predicted octanol–water partition coefficient (Wildman–Crippen LogP) is 3.97. The summed E-state index contributed by atoms with van der Waals surface area (Å²) in [6.07, 6.45) is 5.34. The summed E-state index contributed by atoms with van der Waals surface area (Å²) in [5.74, 6) is 0. The summed E-state index contributed by atoms with van der Waals surface area (Å²) >= 11 is 0. The minimum absolute atomic E-state index is 0.703. The summed E-state index contributed by atoms with van der Waals surface area (Å²) in [6.45, 7) is 2.11. The van der Waals surface area contributed by atoms with Gasteiger partial charge in [-0.1, -0.05) is 60.7 Å². The Balaban J connectivity index is 1.53. The van der Waals surface area contributed by atoms with E-state index in [0.717, 1.165) is 25.2 Å². The van der Waals surface area contributed by atoms with E-state index in [1.54, 1.807) is 0 Å². The molecule has 4 rings (SSSR count). The molecule has 2 bridgehead atoms. The van der Waals surface area contributed by atoms with Gasteiger partial charge >= 0.3 is 0 Å². The van der Waals surface area contributed by atoms with Crippen molar-refractivity contribution in [2.75, 3.05) is 0 Å². The SMILES string of the molecule is c1ccc(CN(Cc2ccccc2)C2CC3CCC(C2)N3)cc1. The molecule has 1 N–H and O–H groups in total. The molecule has 0 amide bonds. The molecule has 0 aliphatic carbocycles. The van der Waals surface area contributed by atoms with Crippen molar-refractivity contribution in [1.82, 2.24) is 10.2 Å². The van der Waals surface area contributed by atoms with E-state index >= 15 is 0 Å². The van der Waals surface area contributed by atoms with Gasteiger partial charge in [-0.15, -0.1) is 0 Å². The molecule has 2 heterocycles. The van der Waals surface area contributed by atoms with Crippen LogP contribution in [0.2, 0.25) is 0 Å². The summed E-state index contributed by atoms with van der Waals surface area (Å²) < 4.78 is 0. The van der Waals surface area contributed by atoms with E-state index in [1.807, 2.05) is 0 Å². The highest BCUT2D eigenvalue weighted by atomic mass is 15.2. The molecule has 0 aromatic heterocycles. The number of fused-ring (bicyclic) bond motifs is 2. The van der Waals surface area contributed by atoms with Crippen molar-refractivity contribution in [1.29, 1.82) is 0 Å². The zero-order chi connectivity index (χ0) is 15.5. The van der Waals surface area contributed by atoms with Gasteiger partial charge in [0, 0.05) is 31.2 Å². The smallest absolute Gasteiger partial charge is 0.0240 e. The van der Waals surface area contributed by atoms with E-state index in [1.165, 1.54) is 36.8 Å². The third-order valence-corrected chi connectivity index (χ3v) is 5.42. The fraction of sp³-hybridized carbons (Fsp3) is 0.429. The highest BCUT2D eigenvalue weighted by Gasteiger charge is 2.35. The standard InChI is InChI=1S/C21H26N2/c1-3-7-17(8-4-1)15-23(16-18-9-5-2-6-10-18)21-13-19-11-12-20(14-21)22-19/h1-10,19-22H,11-16H2. The second-order valence-electron chi connectivity index (χ2n) is 7.14. The van der Waals surface area contributed by atoms with Crippen LogP contribution in [0.1, 0.15) is 36.8 Å². The summed E-state index contributed by atoms with van der Waals surface area (Å²) in [5, 5.41) is 3.78. The first-order valence-electron chi connectivity index (χ1n) is 8.95. The van der Waals surface area contributed by atoms with Crippen molar-refractivity contribution < 1.29 is 0 Å². The number of nitrogens with one attached hydrogen (secondary N) is 1. The lowest BCUT2D eigenvalue weighted by atomic mass is 9.97. The average molecular weight is 306 g/mol. The number of benzene rings is 2. The molecule has 120 valence electrons. The van der Waals surface area contributed by atoms with Gasteiger partial charge in [0.1, 0.15) is 0 Å². The Morgan fingerprint density at radius 2 is 1.22 bits per heavy atom. The van der Waals surface area contributed by atoms with E-state index in [2.05, 4.69) is 70.9 Å². The minimum Gasteiger partial charge on any atom is -0.311 e. The van der Waals surface area contributed by atoms with E-state index < -0.39 is 0 Å². The second kappa shape index (κ2) is 6.86. The Hall–Kier alpha value is -1.64. The van der Waals surface area contributed by atoms with Crippen molar-refractivity contribution in [3.63, 3.8) is 0 Å². The van der Waals surface area contributed by atoms with Crippen LogP contribution in [-0.4, -0.2) is 23.0 Å². The van der Waals surface area contributed by atoms with Gasteiger partial charge in [-0.25, -0.2) is 0 Å². The molecule has 2 nitrogen and oxygen atoms in total. The maximum absolute atomic E-state index is 3.78. The Kier molecular flexibility index (Phi) is 4.45. The van der Waals surface area contributed by atoms with Crippen LogP contribution in [0.4, 0.5) is 0 Å². The van der Waals surface area contributed by atoms with Crippen LogP contribution in [0.5, 0.6) is 0 Å². The van der Waals surface area contributed by atoms with Crippen molar-refractivity contribution in [2.24, 2.45) is 0 Å². The molecular formula is C21H26N2. The van der Waals surface area contributed by atoms with Crippen molar-refractivity contribution in [3.8, 4) is 0 Å². The molecule has 23 heavy (non-hydrogen) atoms. The van der Waals surface area contributed by atoms with Crippen LogP contribution >= 0.6 is 0 Å². The van der Waals surface area contributed by atoms with Crippen molar-refractivity contribution in [3.05, 3.63) is 71.8 Å². The lowest BCUT2D eigenvalue weighted by Gasteiger charge is -2.38. The molecule has 0 saturated carbocycles. The Morgan fingerprint density at radius 3 is 1.70 bits per heavy atom.